The van der Waals surface area contributed by atoms with Crippen molar-refractivity contribution in [2.75, 3.05) is 17.2 Å². The second kappa shape index (κ2) is 6.75. The fourth-order valence-electron chi connectivity index (χ4n) is 2.27. The summed E-state index contributed by atoms with van der Waals surface area (Å²) in [4.78, 5) is 12.1. The molecule has 5 nitrogen and oxygen atoms in total. The Balaban J connectivity index is 1.58. The summed E-state index contributed by atoms with van der Waals surface area (Å²) >= 11 is 1.14. The van der Waals surface area contributed by atoms with Gasteiger partial charge in [0.25, 0.3) is 0 Å². The highest BCUT2D eigenvalue weighted by molar-refractivity contribution is 7.58. The Hall–Kier alpha value is -2.47. The highest BCUT2D eigenvalue weighted by Crippen LogP contribution is 2.38. The van der Waals surface area contributed by atoms with Crippen LogP contribution in [0, 0.1) is 0 Å². The first-order valence-electron chi connectivity index (χ1n) is 7.48. The summed E-state index contributed by atoms with van der Waals surface area (Å²) < 4.78 is 8.38. The van der Waals surface area contributed by atoms with Gasteiger partial charge in [-0.15, -0.1) is 0 Å². The second-order valence-corrected chi connectivity index (χ2v) is 6.14. The molecule has 6 heteroatoms. The molecule has 2 N–H and O–H groups in total. The first-order chi connectivity index (χ1) is 11.1. The first kappa shape index (κ1) is 15.4. The molecule has 0 aromatic heterocycles. The van der Waals surface area contributed by atoms with Crippen LogP contribution in [0.2, 0.25) is 0 Å². The molecule has 23 heavy (non-hydrogen) atoms. The zero-order chi connectivity index (χ0) is 16.2. The number of hydrogen-bond acceptors (Lipinski definition) is 4. The number of carbonyl (C=O) groups excluding carboxylic acids is 1. The van der Waals surface area contributed by atoms with E-state index in [1.807, 2.05) is 30.3 Å². The van der Waals surface area contributed by atoms with Crippen LogP contribution in [0.4, 0.5) is 22.7 Å². The molecule has 0 saturated heterocycles. The number of anilines is 2. The molecule has 1 aliphatic heterocycles. The van der Waals surface area contributed by atoms with Crippen LogP contribution in [0.15, 0.2) is 51.2 Å². The summed E-state index contributed by atoms with van der Waals surface area (Å²) in [5.74, 6) is 0.387. The van der Waals surface area contributed by atoms with Crippen molar-refractivity contribution in [2.24, 2.45) is 8.73 Å². The van der Waals surface area contributed by atoms with Gasteiger partial charge in [-0.3, -0.25) is 4.79 Å². The van der Waals surface area contributed by atoms with Crippen molar-refractivity contribution < 1.29 is 4.79 Å². The van der Waals surface area contributed by atoms with Crippen LogP contribution in [-0.4, -0.2) is 12.5 Å². The Morgan fingerprint density at radius 2 is 1.91 bits per heavy atom. The average molecular weight is 326 g/mol. The third kappa shape index (κ3) is 3.65. The van der Waals surface area contributed by atoms with Gasteiger partial charge >= 0.3 is 0 Å². The van der Waals surface area contributed by atoms with E-state index in [1.54, 1.807) is 0 Å². The van der Waals surface area contributed by atoms with Crippen molar-refractivity contribution in [1.29, 1.82) is 0 Å². The largest absolute Gasteiger partial charge is 0.376 e. The molecule has 0 radical (unpaired) electrons. The van der Waals surface area contributed by atoms with Gasteiger partial charge in [-0.1, -0.05) is 32.0 Å². The molecule has 0 saturated carbocycles. The minimum Gasteiger partial charge on any atom is -0.376 e. The van der Waals surface area contributed by atoms with Crippen LogP contribution in [0.25, 0.3) is 0 Å². The molecule has 118 valence electrons. The normalized spacial score (nSPS) is 12.0. The predicted molar refractivity (Wildman–Crippen MR) is 95.6 cm³/mol. The lowest BCUT2D eigenvalue weighted by molar-refractivity contribution is -0.114. The summed E-state index contributed by atoms with van der Waals surface area (Å²) in [6, 6.07) is 13.7. The Morgan fingerprint density at radius 1 is 1.13 bits per heavy atom. The summed E-state index contributed by atoms with van der Waals surface area (Å²) in [5.41, 5.74) is 4.43. The molecule has 2 aromatic rings. The molecule has 1 heterocycles. The van der Waals surface area contributed by atoms with E-state index in [1.165, 1.54) is 5.56 Å². The van der Waals surface area contributed by atoms with E-state index in [0.717, 1.165) is 28.4 Å². The predicted octanol–water partition coefficient (Wildman–Crippen LogP) is 4.59. The lowest BCUT2D eigenvalue weighted by Gasteiger charge is -2.10. The van der Waals surface area contributed by atoms with Gasteiger partial charge in [0.05, 0.1) is 23.6 Å². The summed E-state index contributed by atoms with van der Waals surface area (Å²) in [7, 11) is 0. The quantitative estimate of drug-likeness (QED) is 0.720. The fraction of sp³-hybridized carbons (Fsp3) is 0.235. The maximum absolute atomic E-state index is 12.1. The SMILES string of the molecule is CC(C)c1ccc(NCC(=O)Nc2cccc3c2N=S=N3)cc1. The summed E-state index contributed by atoms with van der Waals surface area (Å²) in [6.07, 6.45) is 0. The Bertz CT molecular complexity index is 793. The highest BCUT2D eigenvalue weighted by Gasteiger charge is 2.12. The van der Waals surface area contributed by atoms with Gasteiger partial charge < -0.3 is 10.6 Å². The number of rotatable bonds is 5. The van der Waals surface area contributed by atoms with Crippen molar-refractivity contribution in [3.05, 3.63) is 48.0 Å². The number of nitrogens with one attached hydrogen (secondary N) is 2. The molecule has 0 unspecified atom stereocenters. The van der Waals surface area contributed by atoms with Crippen molar-refractivity contribution in [2.45, 2.75) is 19.8 Å². The molecule has 0 fully saturated rings. The lowest BCUT2D eigenvalue weighted by Crippen LogP contribution is -2.21. The van der Waals surface area contributed by atoms with E-state index < -0.39 is 0 Å². The number of nitrogens with zero attached hydrogens (tertiary/aromatic N) is 2. The van der Waals surface area contributed by atoms with Gasteiger partial charge in [0.15, 0.2) is 0 Å². The monoisotopic (exact) mass is 326 g/mol. The Morgan fingerprint density at radius 3 is 2.65 bits per heavy atom. The van der Waals surface area contributed by atoms with Gasteiger partial charge in [-0.25, -0.2) is 0 Å². The van der Waals surface area contributed by atoms with Crippen molar-refractivity contribution in [3.8, 4) is 0 Å². The van der Waals surface area contributed by atoms with Crippen LogP contribution in [0.5, 0.6) is 0 Å². The standard InChI is InChI=1S/C17H18N4OS/c1-11(2)12-6-8-13(9-7-12)18-10-16(22)19-14-4-3-5-15-17(14)21-23-20-15/h3-9,11,18H,10H2,1-2H3,(H,19,22). The number of hydrogen-bond donors (Lipinski definition) is 2. The van der Waals surface area contributed by atoms with E-state index in [4.69, 9.17) is 0 Å². The van der Waals surface area contributed by atoms with Gasteiger partial charge in [0.2, 0.25) is 5.91 Å². The highest BCUT2D eigenvalue weighted by atomic mass is 32.1. The summed E-state index contributed by atoms with van der Waals surface area (Å²) in [6.45, 7) is 4.52. The molecule has 0 atom stereocenters. The van der Waals surface area contributed by atoms with Gasteiger partial charge in [0, 0.05) is 5.69 Å². The molecular formula is C17H18N4OS. The smallest absolute Gasteiger partial charge is 0.243 e. The Kier molecular flexibility index (Phi) is 4.52. The molecule has 0 bridgehead atoms. The number of fused-ring (bicyclic) bond motifs is 1. The topological polar surface area (TPSA) is 65.8 Å². The van der Waals surface area contributed by atoms with Gasteiger partial charge in [-0.2, -0.15) is 8.73 Å². The number of amides is 1. The van der Waals surface area contributed by atoms with Crippen LogP contribution in [-0.2, 0) is 16.1 Å². The van der Waals surface area contributed by atoms with E-state index >= 15 is 0 Å². The van der Waals surface area contributed by atoms with E-state index in [-0.39, 0.29) is 12.5 Å². The first-order valence-corrected chi connectivity index (χ1v) is 8.21. The van der Waals surface area contributed by atoms with Crippen LogP contribution < -0.4 is 10.6 Å². The van der Waals surface area contributed by atoms with Crippen LogP contribution in [0.3, 0.4) is 0 Å². The molecule has 0 aliphatic carbocycles. The fourth-order valence-corrected chi connectivity index (χ4v) is 2.82. The Labute approximate surface area is 139 Å². The third-order valence-electron chi connectivity index (χ3n) is 3.59. The van der Waals surface area contributed by atoms with Gasteiger partial charge in [-0.05, 0) is 35.7 Å². The molecule has 2 aromatic carbocycles. The van der Waals surface area contributed by atoms with E-state index in [0.29, 0.717) is 11.6 Å². The van der Waals surface area contributed by atoms with Crippen LogP contribution >= 0.6 is 0 Å². The second-order valence-electron chi connectivity index (χ2n) is 5.62. The number of carbonyl (C=O) groups is 1. The molecule has 3 rings (SSSR count). The van der Waals surface area contributed by atoms with Crippen molar-refractivity contribution in [3.63, 3.8) is 0 Å². The van der Waals surface area contributed by atoms with E-state index in [9.17, 15) is 4.79 Å². The molecular weight excluding hydrogens is 308 g/mol. The summed E-state index contributed by atoms with van der Waals surface area (Å²) in [5, 5.41) is 6.00. The molecule has 1 aliphatic rings. The third-order valence-corrected chi connectivity index (χ3v) is 4.13. The maximum atomic E-state index is 12.1. The minimum atomic E-state index is -0.113. The molecule has 0 spiro atoms. The van der Waals surface area contributed by atoms with Crippen molar-refractivity contribution >= 4 is 40.0 Å². The van der Waals surface area contributed by atoms with E-state index in [2.05, 4.69) is 45.3 Å². The number of benzene rings is 2. The van der Waals surface area contributed by atoms with Crippen molar-refractivity contribution in [1.82, 2.24) is 0 Å². The minimum absolute atomic E-state index is 0.113. The zero-order valence-corrected chi connectivity index (χ0v) is 13.9. The lowest BCUT2D eigenvalue weighted by atomic mass is 10.0. The van der Waals surface area contributed by atoms with Crippen LogP contribution in [0.1, 0.15) is 25.3 Å². The average Bonchev–Trinajstić information content (AvgIpc) is 3.03. The zero-order valence-electron chi connectivity index (χ0n) is 13.0. The maximum Gasteiger partial charge on any atom is 0.243 e. The van der Waals surface area contributed by atoms with Gasteiger partial charge in [0.1, 0.15) is 11.4 Å². The molecule has 1 amide bonds.